The molecule has 2 bridgehead atoms. The molecule has 3 heterocycles. The molecule has 2 aromatic rings. The van der Waals surface area contributed by atoms with Crippen LogP contribution < -0.4 is 10.6 Å². The number of nitrogens with zero attached hydrogens (tertiary/aromatic N) is 2. The van der Waals surface area contributed by atoms with Crippen molar-refractivity contribution in [3.8, 4) is 0 Å². The number of carbonyl (C=O) groups excluding carboxylic acids is 1. The van der Waals surface area contributed by atoms with Crippen molar-refractivity contribution in [3.63, 3.8) is 0 Å². The number of ether oxygens (including phenoxy) is 1. The summed E-state index contributed by atoms with van der Waals surface area (Å²) >= 11 is 0. The van der Waals surface area contributed by atoms with Crippen LogP contribution in [0.15, 0.2) is 36.7 Å². The van der Waals surface area contributed by atoms with Crippen molar-refractivity contribution >= 4 is 11.6 Å². The molecule has 2 fully saturated rings. The highest BCUT2D eigenvalue weighted by Gasteiger charge is 2.41. The fraction of sp³-hybridized carbons (Fsp3) is 0.389. The van der Waals surface area contributed by atoms with E-state index < -0.39 is 0 Å². The van der Waals surface area contributed by atoms with Gasteiger partial charge in [0.05, 0.1) is 17.8 Å². The lowest BCUT2D eigenvalue weighted by molar-refractivity contribution is 0.0160. The smallest absolute Gasteiger partial charge is 0.258 e. The number of aromatic nitrogens is 2. The number of hydrogen-bond donors (Lipinski definition) is 2. The second kappa shape index (κ2) is 6.30. The monoisotopic (exact) mass is 324 g/mol. The Labute approximate surface area is 140 Å². The van der Waals surface area contributed by atoms with Crippen LogP contribution in [0.2, 0.25) is 0 Å². The van der Waals surface area contributed by atoms with Crippen molar-refractivity contribution < 1.29 is 9.53 Å². The maximum atomic E-state index is 12.2. The van der Waals surface area contributed by atoms with Crippen LogP contribution in [0.25, 0.3) is 0 Å². The second-order valence-electron chi connectivity index (χ2n) is 6.25. The molecule has 2 saturated heterocycles. The number of morpholine rings is 1. The number of anilines is 1. The summed E-state index contributed by atoms with van der Waals surface area (Å²) in [6.07, 6.45) is 5.41. The fourth-order valence-corrected chi connectivity index (χ4v) is 3.29. The standard InChI is InChI=1S/C18H20N4O2/c1-2-16-20-8-12(9-21-16)18(23)22-13-5-3-11(4-6-13)17-15-7-14(24-17)10-19-15/h3-6,8-9,14-15,17,19H,2,7,10H2,1H3,(H,22,23)/t14-,15-,17?/m0/s1. The Morgan fingerprint density at radius 3 is 2.62 bits per heavy atom. The van der Waals surface area contributed by atoms with E-state index in [1.54, 1.807) is 12.4 Å². The average molecular weight is 324 g/mol. The van der Waals surface area contributed by atoms with E-state index in [4.69, 9.17) is 4.74 Å². The van der Waals surface area contributed by atoms with Crippen LogP contribution in [-0.2, 0) is 11.2 Å². The minimum absolute atomic E-state index is 0.114. The largest absolute Gasteiger partial charge is 0.367 e. The Morgan fingerprint density at radius 2 is 2.04 bits per heavy atom. The van der Waals surface area contributed by atoms with Crippen molar-refractivity contribution in [2.24, 2.45) is 0 Å². The first-order valence-electron chi connectivity index (χ1n) is 8.34. The lowest BCUT2D eigenvalue weighted by Crippen LogP contribution is -2.33. The van der Waals surface area contributed by atoms with Gasteiger partial charge in [-0.15, -0.1) is 0 Å². The summed E-state index contributed by atoms with van der Waals surface area (Å²) < 4.78 is 5.99. The van der Waals surface area contributed by atoms with Crippen LogP contribution in [0, 0.1) is 0 Å². The fourth-order valence-electron chi connectivity index (χ4n) is 3.29. The highest BCUT2D eigenvalue weighted by Crippen LogP contribution is 2.37. The number of hydrogen-bond acceptors (Lipinski definition) is 5. The molecule has 0 radical (unpaired) electrons. The van der Waals surface area contributed by atoms with Gasteiger partial charge in [0.25, 0.3) is 5.91 Å². The third-order valence-corrected chi connectivity index (χ3v) is 4.61. The van der Waals surface area contributed by atoms with Crippen LogP contribution in [0.1, 0.15) is 41.2 Å². The minimum atomic E-state index is -0.205. The quantitative estimate of drug-likeness (QED) is 0.901. The molecule has 1 aromatic carbocycles. The molecule has 124 valence electrons. The van der Waals surface area contributed by atoms with Crippen LogP contribution in [0.5, 0.6) is 0 Å². The number of rotatable bonds is 4. The summed E-state index contributed by atoms with van der Waals surface area (Å²) in [5.41, 5.74) is 2.35. The number of benzene rings is 1. The van der Waals surface area contributed by atoms with E-state index in [0.717, 1.165) is 36.5 Å². The van der Waals surface area contributed by atoms with Gasteiger partial charge in [-0.25, -0.2) is 9.97 Å². The minimum Gasteiger partial charge on any atom is -0.367 e. The van der Waals surface area contributed by atoms with E-state index in [-0.39, 0.29) is 12.0 Å². The molecule has 2 aliphatic heterocycles. The topological polar surface area (TPSA) is 76.1 Å². The van der Waals surface area contributed by atoms with Crippen LogP contribution >= 0.6 is 0 Å². The van der Waals surface area contributed by atoms with Crippen molar-refractivity contribution in [1.29, 1.82) is 0 Å². The summed E-state index contributed by atoms with van der Waals surface area (Å²) in [4.78, 5) is 20.5. The van der Waals surface area contributed by atoms with Gasteiger partial charge in [0.1, 0.15) is 5.82 Å². The highest BCUT2D eigenvalue weighted by molar-refractivity contribution is 6.03. The third kappa shape index (κ3) is 2.90. The average Bonchev–Trinajstić information content (AvgIpc) is 3.26. The maximum Gasteiger partial charge on any atom is 0.258 e. The van der Waals surface area contributed by atoms with E-state index in [0.29, 0.717) is 17.7 Å². The molecule has 0 aliphatic carbocycles. The number of carbonyl (C=O) groups is 1. The lowest BCUT2D eigenvalue weighted by Gasteiger charge is -2.23. The van der Waals surface area contributed by atoms with Gasteiger partial charge in [-0.1, -0.05) is 19.1 Å². The SMILES string of the molecule is CCc1ncc(C(=O)Nc2ccc(C3O[C@@H]4CN[C@H]3C4)cc2)cn1. The van der Waals surface area contributed by atoms with Crippen molar-refractivity contribution in [2.45, 2.75) is 38.0 Å². The molecule has 2 N–H and O–H groups in total. The third-order valence-electron chi connectivity index (χ3n) is 4.61. The lowest BCUT2D eigenvalue weighted by atomic mass is 10.0. The van der Waals surface area contributed by atoms with Gasteiger partial charge in [0, 0.05) is 37.1 Å². The van der Waals surface area contributed by atoms with Crippen molar-refractivity contribution in [3.05, 3.63) is 53.6 Å². The van der Waals surface area contributed by atoms with E-state index in [9.17, 15) is 4.79 Å². The van der Waals surface area contributed by atoms with E-state index in [1.165, 1.54) is 0 Å². The molecule has 3 atom stereocenters. The first-order valence-corrected chi connectivity index (χ1v) is 8.34. The summed E-state index contributed by atoms with van der Waals surface area (Å²) in [5, 5.41) is 6.35. The number of fused-ring (bicyclic) bond motifs is 2. The van der Waals surface area contributed by atoms with E-state index >= 15 is 0 Å². The Hall–Kier alpha value is -2.31. The van der Waals surface area contributed by atoms with Gasteiger partial charge in [0.2, 0.25) is 0 Å². The van der Waals surface area contributed by atoms with Crippen LogP contribution in [-0.4, -0.2) is 34.6 Å². The molecular formula is C18H20N4O2. The summed E-state index contributed by atoms with van der Waals surface area (Å²) in [5.74, 6) is 0.526. The zero-order valence-electron chi connectivity index (χ0n) is 13.5. The molecule has 24 heavy (non-hydrogen) atoms. The van der Waals surface area contributed by atoms with Crippen LogP contribution in [0.3, 0.4) is 0 Å². The Balaban J connectivity index is 1.42. The van der Waals surface area contributed by atoms with E-state index in [2.05, 4.69) is 20.6 Å². The molecule has 1 unspecified atom stereocenters. The molecule has 6 nitrogen and oxygen atoms in total. The Kier molecular flexibility index (Phi) is 4.00. The molecule has 6 heteroatoms. The number of aryl methyl sites for hydroxylation is 1. The zero-order valence-corrected chi connectivity index (χ0v) is 13.5. The Bertz CT molecular complexity index is 730. The highest BCUT2D eigenvalue weighted by atomic mass is 16.5. The Morgan fingerprint density at radius 1 is 1.29 bits per heavy atom. The summed E-state index contributed by atoms with van der Waals surface area (Å²) in [6, 6.07) is 8.25. The van der Waals surface area contributed by atoms with Gasteiger partial charge in [0.15, 0.2) is 0 Å². The molecule has 0 spiro atoms. The van der Waals surface area contributed by atoms with E-state index in [1.807, 2.05) is 31.2 Å². The molecular weight excluding hydrogens is 304 g/mol. The van der Waals surface area contributed by atoms with Crippen molar-refractivity contribution in [2.75, 3.05) is 11.9 Å². The maximum absolute atomic E-state index is 12.2. The zero-order chi connectivity index (χ0) is 16.5. The number of nitrogens with one attached hydrogen (secondary N) is 2. The first-order chi connectivity index (χ1) is 11.7. The molecule has 4 rings (SSSR count). The molecule has 1 aromatic heterocycles. The van der Waals surface area contributed by atoms with Gasteiger partial charge >= 0.3 is 0 Å². The first kappa shape index (κ1) is 15.2. The van der Waals surface area contributed by atoms with Crippen LogP contribution in [0.4, 0.5) is 5.69 Å². The van der Waals surface area contributed by atoms with Gasteiger partial charge in [-0.05, 0) is 24.1 Å². The van der Waals surface area contributed by atoms with Crippen molar-refractivity contribution in [1.82, 2.24) is 15.3 Å². The summed E-state index contributed by atoms with van der Waals surface area (Å²) in [7, 11) is 0. The predicted molar refractivity (Wildman–Crippen MR) is 89.8 cm³/mol. The molecule has 2 aliphatic rings. The van der Waals surface area contributed by atoms with Gasteiger partial charge in [-0.3, -0.25) is 4.79 Å². The second-order valence-corrected chi connectivity index (χ2v) is 6.25. The molecule has 0 saturated carbocycles. The van der Waals surface area contributed by atoms with Gasteiger partial charge < -0.3 is 15.4 Å². The normalized spacial score (nSPS) is 25.0. The van der Waals surface area contributed by atoms with Gasteiger partial charge in [-0.2, -0.15) is 0 Å². The predicted octanol–water partition coefficient (Wildman–Crippen LogP) is 2.09. The number of amides is 1. The molecule has 1 amide bonds. The summed E-state index contributed by atoms with van der Waals surface area (Å²) in [6.45, 7) is 2.93.